The highest BCUT2D eigenvalue weighted by atomic mass is 32.2. The van der Waals surface area contributed by atoms with Crippen LogP contribution in [0.15, 0.2) is 30.3 Å². The zero-order valence-electron chi connectivity index (χ0n) is 9.86. The molecule has 0 saturated heterocycles. The second-order valence-electron chi connectivity index (χ2n) is 3.40. The molecule has 1 aromatic carbocycles. The van der Waals surface area contributed by atoms with E-state index in [1.54, 1.807) is 18.2 Å². The Morgan fingerprint density at radius 1 is 1.26 bits per heavy atom. The molecule has 1 amide bonds. The molecule has 0 aliphatic rings. The predicted octanol–water partition coefficient (Wildman–Crippen LogP) is 0.00270. The Hall–Kier alpha value is -2.13. The molecular formula is C10H12N2O6S. The van der Waals surface area contributed by atoms with Crippen LogP contribution >= 0.6 is 0 Å². The monoisotopic (exact) mass is 288 g/mol. The molecule has 0 radical (unpaired) electrons. The summed E-state index contributed by atoms with van der Waals surface area (Å²) >= 11 is 0. The number of carbonyl (C=O) groups is 2. The minimum absolute atomic E-state index is 0.227. The number of benzene rings is 1. The number of hydrogen-bond donors (Lipinski definition) is 3. The molecule has 0 heterocycles. The van der Waals surface area contributed by atoms with E-state index in [4.69, 9.17) is 5.11 Å². The summed E-state index contributed by atoms with van der Waals surface area (Å²) < 4.78 is 30.5. The quantitative estimate of drug-likeness (QED) is 0.701. The van der Waals surface area contributed by atoms with Crippen molar-refractivity contribution < 1.29 is 27.9 Å². The lowest BCUT2D eigenvalue weighted by Crippen LogP contribution is -2.44. The van der Waals surface area contributed by atoms with Crippen LogP contribution in [0.1, 0.15) is 11.6 Å². The smallest absolute Gasteiger partial charge is 0.421 e. The summed E-state index contributed by atoms with van der Waals surface area (Å²) in [5, 5.41) is 9.01. The molecule has 3 N–H and O–H groups in total. The van der Waals surface area contributed by atoms with Crippen molar-refractivity contribution >= 4 is 22.3 Å². The van der Waals surface area contributed by atoms with Gasteiger partial charge < -0.3 is 9.84 Å². The van der Waals surface area contributed by atoms with Gasteiger partial charge in [-0.25, -0.2) is 9.52 Å². The molecule has 9 heteroatoms. The molecule has 19 heavy (non-hydrogen) atoms. The standard InChI is InChI=1S/C10H12N2O6S/c1-18-10(15)12-19(16,17)11-8(9(13)14)7-5-3-2-4-6-7/h2-6,8,11H,1H3,(H,12,15)(H,13,14)/t8-/m1/s1. The van der Waals surface area contributed by atoms with Crippen molar-refractivity contribution in [3.63, 3.8) is 0 Å². The summed E-state index contributed by atoms with van der Waals surface area (Å²) in [6.45, 7) is 0. The molecule has 1 aromatic rings. The van der Waals surface area contributed by atoms with Gasteiger partial charge in [0.05, 0.1) is 7.11 Å². The molecule has 1 rings (SSSR count). The van der Waals surface area contributed by atoms with E-state index in [0.29, 0.717) is 0 Å². The van der Waals surface area contributed by atoms with Gasteiger partial charge in [-0.3, -0.25) is 4.79 Å². The van der Waals surface area contributed by atoms with Crippen LogP contribution < -0.4 is 9.44 Å². The number of nitrogens with one attached hydrogen (secondary N) is 2. The highest BCUT2D eigenvalue weighted by molar-refractivity contribution is 7.88. The number of carbonyl (C=O) groups excluding carboxylic acids is 1. The van der Waals surface area contributed by atoms with Gasteiger partial charge in [0.15, 0.2) is 0 Å². The predicted molar refractivity (Wildman–Crippen MR) is 64.4 cm³/mol. The van der Waals surface area contributed by atoms with Crippen LogP contribution in [0, 0.1) is 0 Å². The van der Waals surface area contributed by atoms with Gasteiger partial charge in [-0.2, -0.15) is 13.1 Å². The molecule has 0 fully saturated rings. The maximum Gasteiger partial charge on any atom is 0.421 e. The summed E-state index contributed by atoms with van der Waals surface area (Å²) in [5.74, 6) is -1.40. The fraction of sp³-hybridized carbons (Fsp3) is 0.200. The van der Waals surface area contributed by atoms with Gasteiger partial charge in [-0.05, 0) is 5.56 Å². The summed E-state index contributed by atoms with van der Waals surface area (Å²) in [7, 11) is -3.36. The second-order valence-corrected chi connectivity index (χ2v) is 4.84. The first-order valence-corrected chi connectivity index (χ1v) is 6.50. The third-order valence-electron chi connectivity index (χ3n) is 2.06. The Labute approximate surface area is 109 Å². The molecule has 0 bridgehead atoms. The lowest BCUT2D eigenvalue weighted by Gasteiger charge is -2.15. The highest BCUT2D eigenvalue weighted by Gasteiger charge is 2.26. The molecule has 0 spiro atoms. The Morgan fingerprint density at radius 2 is 1.84 bits per heavy atom. The number of carboxylic acids is 1. The minimum atomic E-state index is -4.34. The number of ether oxygens (including phenoxy) is 1. The van der Waals surface area contributed by atoms with Gasteiger partial charge in [0, 0.05) is 0 Å². The molecule has 0 unspecified atom stereocenters. The average Bonchev–Trinajstić information content (AvgIpc) is 2.36. The Morgan fingerprint density at radius 3 is 2.32 bits per heavy atom. The Balaban J connectivity index is 2.92. The van der Waals surface area contributed by atoms with E-state index in [2.05, 4.69) is 4.74 Å². The number of carboxylic acid groups (broad SMARTS) is 1. The van der Waals surface area contributed by atoms with Gasteiger partial charge in [-0.15, -0.1) is 0 Å². The third kappa shape index (κ3) is 4.56. The van der Waals surface area contributed by atoms with E-state index >= 15 is 0 Å². The first-order valence-electron chi connectivity index (χ1n) is 5.01. The van der Waals surface area contributed by atoms with E-state index < -0.39 is 28.3 Å². The lowest BCUT2D eigenvalue weighted by atomic mass is 10.1. The second kappa shape index (κ2) is 6.16. The fourth-order valence-corrected chi connectivity index (χ4v) is 2.15. The number of rotatable bonds is 5. The van der Waals surface area contributed by atoms with Crippen molar-refractivity contribution in [3.8, 4) is 0 Å². The zero-order chi connectivity index (χ0) is 14.5. The van der Waals surface area contributed by atoms with Crippen LogP contribution in [-0.2, 0) is 19.7 Å². The van der Waals surface area contributed by atoms with Gasteiger partial charge in [0.2, 0.25) is 0 Å². The van der Waals surface area contributed by atoms with Crippen molar-refractivity contribution in [1.82, 2.24) is 9.44 Å². The van der Waals surface area contributed by atoms with Crippen molar-refractivity contribution in [1.29, 1.82) is 0 Å². The summed E-state index contributed by atoms with van der Waals surface area (Å²) in [5.41, 5.74) is 0.227. The van der Waals surface area contributed by atoms with E-state index in [-0.39, 0.29) is 5.56 Å². The molecule has 1 atom stereocenters. The number of amides is 1. The van der Waals surface area contributed by atoms with Crippen LogP contribution in [0.3, 0.4) is 0 Å². The van der Waals surface area contributed by atoms with E-state index in [9.17, 15) is 18.0 Å². The number of methoxy groups -OCH3 is 1. The van der Waals surface area contributed by atoms with Crippen molar-refractivity contribution in [2.75, 3.05) is 7.11 Å². The maximum absolute atomic E-state index is 11.5. The van der Waals surface area contributed by atoms with Crippen molar-refractivity contribution in [2.45, 2.75) is 6.04 Å². The van der Waals surface area contributed by atoms with E-state index in [0.717, 1.165) is 7.11 Å². The maximum atomic E-state index is 11.5. The normalized spacial score (nSPS) is 12.5. The third-order valence-corrected chi connectivity index (χ3v) is 3.04. The van der Waals surface area contributed by atoms with Gasteiger partial charge in [-0.1, -0.05) is 30.3 Å². The summed E-state index contributed by atoms with van der Waals surface area (Å²) in [6, 6.07) is 6.16. The van der Waals surface area contributed by atoms with E-state index in [1.165, 1.54) is 16.9 Å². The zero-order valence-corrected chi connectivity index (χ0v) is 10.7. The Kier molecular flexibility index (Phi) is 4.84. The first-order chi connectivity index (χ1) is 8.85. The van der Waals surface area contributed by atoms with Crippen LogP contribution in [-0.4, -0.2) is 32.7 Å². The summed E-state index contributed by atoms with van der Waals surface area (Å²) in [6.07, 6.45) is -1.22. The highest BCUT2D eigenvalue weighted by Crippen LogP contribution is 2.13. The summed E-state index contributed by atoms with van der Waals surface area (Å²) in [4.78, 5) is 21.9. The minimum Gasteiger partial charge on any atom is -0.480 e. The number of hydrogen-bond acceptors (Lipinski definition) is 5. The van der Waals surface area contributed by atoms with Gasteiger partial charge in [0.25, 0.3) is 0 Å². The molecule has 104 valence electrons. The average molecular weight is 288 g/mol. The topological polar surface area (TPSA) is 122 Å². The molecular weight excluding hydrogens is 276 g/mol. The SMILES string of the molecule is COC(=O)NS(=O)(=O)N[C@@H](C(=O)O)c1ccccc1. The molecule has 0 saturated carbocycles. The van der Waals surface area contributed by atoms with Crippen molar-refractivity contribution in [3.05, 3.63) is 35.9 Å². The molecule has 8 nitrogen and oxygen atoms in total. The van der Waals surface area contributed by atoms with Crippen LogP contribution in [0.5, 0.6) is 0 Å². The first kappa shape index (κ1) is 14.9. The van der Waals surface area contributed by atoms with E-state index in [1.807, 2.05) is 4.72 Å². The van der Waals surface area contributed by atoms with Gasteiger partial charge in [0.1, 0.15) is 6.04 Å². The molecule has 0 aliphatic carbocycles. The van der Waals surface area contributed by atoms with Gasteiger partial charge >= 0.3 is 22.3 Å². The van der Waals surface area contributed by atoms with Crippen LogP contribution in [0.25, 0.3) is 0 Å². The largest absolute Gasteiger partial charge is 0.480 e. The molecule has 0 aliphatic heterocycles. The lowest BCUT2D eigenvalue weighted by molar-refractivity contribution is -0.139. The number of aliphatic carboxylic acids is 1. The van der Waals surface area contributed by atoms with Crippen LogP contribution in [0.2, 0.25) is 0 Å². The Bertz CT molecular complexity index is 557. The van der Waals surface area contributed by atoms with Crippen molar-refractivity contribution in [2.24, 2.45) is 0 Å². The molecule has 0 aromatic heterocycles. The fourth-order valence-electron chi connectivity index (χ4n) is 1.24. The van der Waals surface area contributed by atoms with Crippen LogP contribution in [0.4, 0.5) is 4.79 Å².